The van der Waals surface area contributed by atoms with Crippen LogP contribution < -0.4 is 10.7 Å². The fourth-order valence-electron chi connectivity index (χ4n) is 3.05. The lowest BCUT2D eigenvalue weighted by Gasteiger charge is -2.14. The van der Waals surface area contributed by atoms with E-state index in [4.69, 9.17) is 0 Å². The van der Waals surface area contributed by atoms with Crippen molar-refractivity contribution in [2.24, 2.45) is 0 Å². The molecule has 0 saturated carbocycles. The Hall–Kier alpha value is -3.95. The van der Waals surface area contributed by atoms with E-state index in [2.05, 4.69) is 25.5 Å². The van der Waals surface area contributed by atoms with Crippen molar-refractivity contribution in [2.75, 3.05) is 0 Å². The number of amides is 1. The smallest absolute Gasteiger partial charge is 0.350 e. The third-order valence-corrected chi connectivity index (χ3v) is 4.52. The zero-order valence-corrected chi connectivity index (χ0v) is 15.2. The van der Waals surface area contributed by atoms with Gasteiger partial charge in [-0.2, -0.15) is 18.3 Å². The number of H-pyrrole nitrogens is 2. The molecule has 4 aromatic rings. The van der Waals surface area contributed by atoms with Crippen LogP contribution in [0.3, 0.4) is 0 Å². The van der Waals surface area contributed by atoms with Crippen LogP contribution in [-0.4, -0.2) is 26.1 Å². The van der Waals surface area contributed by atoms with Crippen molar-refractivity contribution < 1.29 is 18.0 Å². The number of pyridine rings is 2. The maximum Gasteiger partial charge on any atom is 0.418 e. The number of carbonyl (C=O) groups is 1. The number of aromatic amines is 2. The molecule has 3 aromatic heterocycles. The molecule has 0 unspecified atom stereocenters. The van der Waals surface area contributed by atoms with Crippen LogP contribution in [0, 0.1) is 0 Å². The Morgan fingerprint density at radius 2 is 1.87 bits per heavy atom. The van der Waals surface area contributed by atoms with Crippen LogP contribution in [0.1, 0.15) is 21.6 Å². The summed E-state index contributed by atoms with van der Waals surface area (Å²) in [4.78, 5) is 31.4. The molecule has 152 valence electrons. The summed E-state index contributed by atoms with van der Waals surface area (Å²) in [5, 5.41) is 8.65. The van der Waals surface area contributed by atoms with Crippen LogP contribution in [0.5, 0.6) is 0 Å². The van der Waals surface area contributed by atoms with E-state index in [-0.39, 0.29) is 23.2 Å². The molecular formula is C20H14F3N5O2. The molecule has 0 bridgehead atoms. The van der Waals surface area contributed by atoms with Crippen LogP contribution in [0.4, 0.5) is 13.2 Å². The average molecular weight is 413 g/mol. The summed E-state index contributed by atoms with van der Waals surface area (Å²) in [5.74, 6) is -0.696. The second kappa shape index (κ2) is 7.47. The number of carbonyl (C=O) groups excluding carboxylic acids is 1. The topological polar surface area (TPSA) is 104 Å². The summed E-state index contributed by atoms with van der Waals surface area (Å²) in [6.45, 7) is 0.132. The fourth-order valence-corrected chi connectivity index (χ4v) is 3.05. The van der Waals surface area contributed by atoms with E-state index in [1.807, 2.05) is 0 Å². The largest absolute Gasteiger partial charge is 0.418 e. The third kappa shape index (κ3) is 3.79. The van der Waals surface area contributed by atoms with Crippen LogP contribution in [0.25, 0.3) is 22.0 Å². The van der Waals surface area contributed by atoms with E-state index in [0.29, 0.717) is 5.56 Å². The van der Waals surface area contributed by atoms with Crippen LogP contribution >= 0.6 is 0 Å². The van der Waals surface area contributed by atoms with Crippen molar-refractivity contribution in [1.82, 2.24) is 25.5 Å². The first-order valence-corrected chi connectivity index (χ1v) is 8.77. The lowest BCUT2D eigenvalue weighted by atomic mass is 10.0. The first kappa shape index (κ1) is 19.4. The first-order chi connectivity index (χ1) is 14.3. The van der Waals surface area contributed by atoms with Crippen molar-refractivity contribution in [2.45, 2.75) is 12.7 Å². The zero-order valence-electron chi connectivity index (χ0n) is 15.2. The molecule has 3 heterocycles. The van der Waals surface area contributed by atoms with Crippen molar-refractivity contribution in [3.8, 4) is 11.1 Å². The Morgan fingerprint density at radius 1 is 1.10 bits per heavy atom. The van der Waals surface area contributed by atoms with Gasteiger partial charge in [0.05, 0.1) is 17.3 Å². The number of halogens is 3. The number of hydrogen-bond donors (Lipinski definition) is 3. The number of nitrogens with zero attached hydrogens (tertiary/aromatic N) is 2. The normalized spacial score (nSPS) is 11.6. The van der Waals surface area contributed by atoms with Crippen molar-refractivity contribution >= 4 is 16.8 Å². The molecule has 3 N–H and O–H groups in total. The second-order valence-electron chi connectivity index (χ2n) is 6.52. The van der Waals surface area contributed by atoms with Gasteiger partial charge in [0.15, 0.2) is 5.43 Å². The predicted octanol–water partition coefficient (Wildman–Crippen LogP) is 3.26. The molecule has 0 saturated heterocycles. The van der Waals surface area contributed by atoms with E-state index in [1.165, 1.54) is 18.5 Å². The number of fused-ring (bicyclic) bond motifs is 1. The Bertz CT molecular complexity index is 1270. The third-order valence-electron chi connectivity index (χ3n) is 4.52. The van der Waals surface area contributed by atoms with E-state index in [1.54, 1.807) is 24.5 Å². The number of nitrogens with one attached hydrogen (secondary N) is 3. The molecule has 0 fully saturated rings. The average Bonchev–Trinajstić information content (AvgIpc) is 3.26. The maximum atomic E-state index is 13.7. The SMILES string of the molecule is O=C(NCc1ccncc1)c1cc(=O)c2cc(-c3cn[nH]c3)cc(C(F)(F)F)c2[nH]1. The van der Waals surface area contributed by atoms with Gasteiger partial charge in [-0.1, -0.05) is 0 Å². The molecule has 0 aliphatic carbocycles. The highest BCUT2D eigenvalue weighted by atomic mass is 19.4. The number of hydrogen-bond acceptors (Lipinski definition) is 4. The molecular weight excluding hydrogens is 399 g/mol. The Labute approximate surface area is 167 Å². The monoisotopic (exact) mass is 413 g/mol. The van der Waals surface area contributed by atoms with Gasteiger partial charge in [-0.05, 0) is 35.4 Å². The number of rotatable bonds is 4. The van der Waals surface area contributed by atoms with Crippen LogP contribution in [0.15, 0.2) is 59.9 Å². The lowest BCUT2D eigenvalue weighted by Crippen LogP contribution is -2.25. The van der Waals surface area contributed by atoms with Crippen molar-refractivity contribution in [3.05, 3.63) is 82.2 Å². The zero-order chi connectivity index (χ0) is 21.3. The highest BCUT2D eigenvalue weighted by molar-refractivity contribution is 5.96. The number of aromatic nitrogens is 4. The van der Waals surface area contributed by atoms with Crippen LogP contribution in [-0.2, 0) is 12.7 Å². The molecule has 1 aromatic carbocycles. The molecule has 7 nitrogen and oxygen atoms in total. The van der Waals surface area contributed by atoms with Gasteiger partial charge >= 0.3 is 6.18 Å². The molecule has 0 radical (unpaired) electrons. The van der Waals surface area contributed by atoms with E-state index in [9.17, 15) is 22.8 Å². The Morgan fingerprint density at radius 3 is 2.53 bits per heavy atom. The number of benzene rings is 1. The highest BCUT2D eigenvalue weighted by Gasteiger charge is 2.34. The van der Waals surface area contributed by atoms with E-state index >= 15 is 0 Å². The molecule has 4 rings (SSSR count). The summed E-state index contributed by atoms with van der Waals surface area (Å²) in [6.07, 6.45) is 1.14. The Balaban J connectivity index is 1.78. The standard InChI is InChI=1S/C20H14F3N5O2/c21-20(22,23)15-6-12(13-9-26-27-10-13)5-14-17(29)7-16(28-18(14)15)19(30)25-8-11-1-3-24-4-2-11/h1-7,9-10H,8H2,(H,25,30)(H,26,27)(H,28,29). The second-order valence-corrected chi connectivity index (χ2v) is 6.52. The van der Waals surface area contributed by atoms with E-state index < -0.39 is 28.6 Å². The minimum atomic E-state index is -4.74. The van der Waals surface area contributed by atoms with Gasteiger partial charge in [-0.25, -0.2) is 0 Å². The first-order valence-electron chi connectivity index (χ1n) is 8.77. The van der Waals surface area contributed by atoms with Crippen LogP contribution in [0.2, 0.25) is 0 Å². The summed E-state index contributed by atoms with van der Waals surface area (Å²) in [5.41, 5.74) is -1.11. The van der Waals surface area contributed by atoms with Gasteiger partial charge in [0.2, 0.25) is 0 Å². The quantitative estimate of drug-likeness (QED) is 0.478. The number of alkyl halides is 3. The maximum absolute atomic E-state index is 13.7. The van der Waals surface area contributed by atoms with Gasteiger partial charge in [-0.15, -0.1) is 0 Å². The van der Waals surface area contributed by atoms with E-state index in [0.717, 1.165) is 17.7 Å². The molecule has 0 spiro atoms. The summed E-state index contributed by atoms with van der Waals surface area (Å²) >= 11 is 0. The minimum Gasteiger partial charge on any atom is -0.350 e. The Kier molecular flexibility index (Phi) is 4.82. The summed E-state index contributed by atoms with van der Waals surface area (Å²) in [7, 11) is 0. The summed E-state index contributed by atoms with van der Waals surface area (Å²) < 4.78 is 41.2. The molecule has 30 heavy (non-hydrogen) atoms. The van der Waals surface area contributed by atoms with Gasteiger partial charge < -0.3 is 10.3 Å². The van der Waals surface area contributed by atoms with Gasteiger partial charge in [0.25, 0.3) is 5.91 Å². The predicted molar refractivity (Wildman–Crippen MR) is 103 cm³/mol. The molecule has 0 atom stereocenters. The van der Waals surface area contributed by atoms with Gasteiger partial charge in [0, 0.05) is 42.2 Å². The molecule has 0 aliphatic rings. The highest BCUT2D eigenvalue weighted by Crippen LogP contribution is 2.36. The lowest BCUT2D eigenvalue weighted by molar-refractivity contribution is -0.136. The van der Waals surface area contributed by atoms with Gasteiger partial charge in [-0.3, -0.25) is 19.7 Å². The van der Waals surface area contributed by atoms with Gasteiger partial charge in [0.1, 0.15) is 5.69 Å². The molecule has 1 amide bonds. The van der Waals surface area contributed by atoms with Crippen molar-refractivity contribution in [1.29, 1.82) is 0 Å². The van der Waals surface area contributed by atoms with Crippen molar-refractivity contribution in [3.63, 3.8) is 0 Å². The molecule has 10 heteroatoms. The fraction of sp³-hybridized carbons (Fsp3) is 0.100. The summed E-state index contributed by atoms with van der Waals surface area (Å²) in [6, 6.07) is 6.61. The molecule has 0 aliphatic heterocycles. The minimum absolute atomic E-state index is 0.132.